The number of anilines is 2. The molecule has 0 aromatic heterocycles. The fourth-order valence-corrected chi connectivity index (χ4v) is 3.30. The molecule has 1 amide bonds. The van der Waals surface area contributed by atoms with E-state index < -0.39 is 17.5 Å². The number of rotatable bonds is 10. The van der Waals surface area contributed by atoms with Crippen molar-refractivity contribution in [2.45, 2.75) is 45.6 Å². The monoisotopic (exact) mass is 494 g/mol. The fourth-order valence-electron chi connectivity index (χ4n) is 2.81. The van der Waals surface area contributed by atoms with Crippen molar-refractivity contribution in [2.75, 3.05) is 18.5 Å². The maximum absolute atomic E-state index is 12.3. The lowest BCUT2D eigenvalue weighted by Gasteiger charge is -2.19. The van der Waals surface area contributed by atoms with Gasteiger partial charge in [-0.15, -0.1) is 0 Å². The summed E-state index contributed by atoms with van der Waals surface area (Å²) in [5.74, 6) is -1.20. The highest BCUT2D eigenvalue weighted by molar-refractivity contribution is 6.39. The topological polar surface area (TPSA) is 93.7 Å². The minimum atomic E-state index is -0.588. The van der Waals surface area contributed by atoms with Gasteiger partial charge in [-0.1, -0.05) is 47.5 Å². The minimum Gasteiger partial charge on any atom is -0.464 e. The Morgan fingerprint density at radius 3 is 2.24 bits per heavy atom. The number of carbonyl (C=O) groups excluding carboxylic acids is 3. The van der Waals surface area contributed by atoms with Gasteiger partial charge in [-0.3, -0.25) is 14.4 Å². The summed E-state index contributed by atoms with van der Waals surface area (Å²) < 4.78 is 10.4. The average Bonchev–Trinajstić information content (AvgIpc) is 2.72. The summed E-state index contributed by atoms with van der Waals surface area (Å²) in [5.41, 5.74) is 1.35. The number of esters is 2. The van der Waals surface area contributed by atoms with Gasteiger partial charge >= 0.3 is 11.9 Å². The van der Waals surface area contributed by atoms with Crippen molar-refractivity contribution >= 4 is 52.4 Å². The Kier molecular flexibility index (Phi) is 10.0. The Morgan fingerprint density at radius 1 is 0.909 bits per heavy atom. The van der Waals surface area contributed by atoms with Crippen LogP contribution in [0.5, 0.6) is 0 Å². The molecule has 0 saturated carbocycles. The highest BCUT2D eigenvalue weighted by Crippen LogP contribution is 2.33. The molecule has 0 fully saturated rings. The van der Waals surface area contributed by atoms with Crippen LogP contribution in [0.3, 0.4) is 0 Å². The van der Waals surface area contributed by atoms with E-state index in [0.717, 1.165) is 0 Å². The van der Waals surface area contributed by atoms with Crippen molar-refractivity contribution < 1.29 is 23.9 Å². The van der Waals surface area contributed by atoms with Gasteiger partial charge in [-0.25, -0.2) is 0 Å². The van der Waals surface area contributed by atoms with Crippen LogP contribution in [0, 0.1) is 0 Å². The molecule has 0 bridgehead atoms. The third-order valence-corrected chi connectivity index (χ3v) is 4.87. The van der Waals surface area contributed by atoms with Gasteiger partial charge < -0.3 is 20.1 Å². The Bertz CT molecular complexity index is 969. The smallest absolute Gasteiger partial charge is 0.310 e. The molecule has 0 saturated heterocycles. The largest absolute Gasteiger partial charge is 0.464 e. The Hall–Kier alpha value is -2.77. The lowest BCUT2D eigenvalue weighted by molar-refractivity contribution is -0.155. The molecule has 9 heteroatoms. The summed E-state index contributed by atoms with van der Waals surface area (Å²) in [4.78, 5) is 35.7. The number of benzene rings is 2. The quantitative estimate of drug-likeness (QED) is 0.354. The van der Waals surface area contributed by atoms with Crippen molar-refractivity contribution in [3.63, 3.8) is 0 Å². The van der Waals surface area contributed by atoms with Crippen molar-refractivity contribution in [3.8, 4) is 0 Å². The van der Waals surface area contributed by atoms with E-state index in [9.17, 15) is 14.4 Å². The van der Waals surface area contributed by atoms with Gasteiger partial charge in [-0.05, 0) is 44.5 Å². The van der Waals surface area contributed by atoms with E-state index in [2.05, 4.69) is 10.6 Å². The summed E-state index contributed by atoms with van der Waals surface area (Å²) in [6.07, 6.45) is 0.0203. The zero-order chi connectivity index (χ0) is 24.4. The number of halogens is 2. The first-order valence-corrected chi connectivity index (χ1v) is 11.2. The summed E-state index contributed by atoms with van der Waals surface area (Å²) >= 11 is 12.4. The van der Waals surface area contributed by atoms with Gasteiger partial charge in [0, 0.05) is 12.1 Å². The van der Waals surface area contributed by atoms with E-state index in [4.69, 9.17) is 32.7 Å². The van der Waals surface area contributed by atoms with Gasteiger partial charge in [0.15, 0.2) is 0 Å². The van der Waals surface area contributed by atoms with Crippen LogP contribution in [0.15, 0.2) is 42.5 Å². The van der Waals surface area contributed by atoms with Gasteiger partial charge in [-0.2, -0.15) is 0 Å². The van der Waals surface area contributed by atoms with Crippen molar-refractivity contribution in [1.82, 2.24) is 5.32 Å². The molecule has 2 aromatic rings. The minimum absolute atomic E-state index is 0.00646. The second-order valence-corrected chi connectivity index (χ2v) is 9.03. The van der Waals surface area contributed by atoms with E-state index in [-0.39, 0.29) is 38.3 Å². The SMILES string of the molecule is CC(C)(C)OC(=O)CCC(=O)NCCOC(=O)Cc1ccccc1Nc1c(Cl)cccc1Cl. The second-order valence-electron chi connectivity index (χ2n) is 8.21. The van der Waals surface area contributed by atoms with Crippen LogP contribution in [-0.2, 0) is 30.3 Å². The van der Waals surface area contributed by atoms with Crippen LogP contribution in [0.4, 0.5) is 11.4 Å². The van der Waals surface area contributed by atoms with Gasteiger partial charge in [0.1, 0.15) is 12.2 Å². The maximum atomic E-state index is 12.3. The van der Waals surface area contributed by atoms with Crippen LogP contribution in [0.25, 0.3) is 0 Å². The molecule has 2 N–H and O–H groups in total. The molecule has 2 aromatic carbocycles. The first kappa shape index (κ1) is 26.5. The van der Waals surface area contributed by atoms with Crippen LogP contribution >= 0.6 is 23.2 Å². The van der Waals surface area contributed by atoms with E-state index in [1.54, 1.807) is 45.0 Å². The number of hydrogen-bond acceptors (Lipinski definition) is 6. The molecule has 0 atom stereocenters. The number of carbonyl (C=O) groups is 3. The van der Waals surface area contributed by atoms with Gasteiger partial charge in [0.25, 0.3) is 0 Å². The fraction of sp³-hybridized carbons (Fsp3) is 0.375. The molecule has 0 aliphatic heterocycles. The standard InChI is InChI=1S/C24H28Cl2N2O5/c1-24(2,3)33-21(30)12-11-20(29)27-13-14-32-22(31)15-16-7-4-5-10-19(16)28-23-17(25)8-6-9-18(23)26/h4-10,28H,11-15H2,1-3H3,(H,27,29). The van der Waals surface area contributed by atoms with Crippen molar-refractivity contribution in [3.05, 3.63) is 58.1 Å². The Morgan fingerprint density at radius 2 is 1.58 bits per heavy atom. The average molecular weight is 495 g/mol. The van der Waals surface area contributed by atoms with Crippen molar-refractivity contribution in [2.24, 2.45) is 0 Å². The number of nitrogens with one attached hydrogen (secondary N) is 2. The molecule has 0 spiro atoms. The molecule has 178 valence electrons. The lowest BCUT2D eigenvalue weighted by Crippen LogP contribution is -2.29. The van der Waals surface area contributed by atoms with Crippen molar-refractivity contribution in [1.29, 1.82) is 0 Å². The Labute approximate surface area is 203 Å². The highest BCUT2D eigenvalue weighted by atomic mass is 35.5. The Balaban J connectivity index is 1.77. The molecule has 0 heterocycles. The third kappa shape index (κ3) is 9.72. The summed E-state index contributed by atoms with van der Waals surface area (Å²) in [6, 6.07) is 12.4. The van der Waals surface area contributed by atoms with E-state index in [0.29, 0.717) is 27.0 Å². The van der Waals surface area contributed by atoms with E-state index in [1.165, 1.54) is 0 Å². The summed E-state index contributed by atoms with van der Waals surface area (Å²) in [6.45, 7) is 5.45. The molecule has 0 radical (unpaired) electrons. The summed E-state index contributed by atoms with van der Waals surface area (Å²) in [7, 11) is 0. The third-order valence-electron chi connectivity index (χ3n) is 4.24. The van der Waals surface area contributed by atoms with E-state index in [1.807, 2.05) is 18.2 Å². The lowest BCUT2D eigenvalue weighted by atomic mass is 10.1. The number of ether oxygens (including phenoxy) is 2. The summed E-state index contributed by atoms with van der Waals surface area (Å²) in [5, 5.41) is 6.70. The number of hydrogen-bond donors (Lipinski definition) is 2. The number of amides is 1. The molecule has 7 nitrogen and oxygen atoms in total. The van der Waals surface area contributed by atoms with Gasteiger partial charge in [0.2, 0.25) is 5.91 Å². The first-order chi connectivity index (χ1) is 15.5. The highest BCUT2D eigenvalue weighted by Gasteiger charge is 2.17. The molecular formula is C24H28Cl2N2O5. The zero-order valence-electron chi connectivity index (χ0n) is 18.9. The van der Waals surface area contributed by atoms with Crippen LogP contribution in [0.1, 0.15) is 39.2 Å². The maximum Gasteiger partial charge on any atom is 0.310 e. The molecular weight excluding hydrogens is 467 g/mol. The van der Waals surface area contributed by atoms with Gasteiger partial charge in [0.05, 0.1) is 35.1 Å². The molecule has 0 aliphatic carbocycles. The predicted molar refractivity (Wildman–Crippen MR) is 129 cm³/mol. The molecule has 0 aliphatic rings. The number of para-hydroxylation sites is 2. The first-order valence-electron chi connectivity index (χ1n) is 10.5. The molecule has 2 rings (SSSR count). The second kappa shape index (κ2) is 12.5. The van der Waals surface area contributed by atoms with E-state index >= 15 is 0 Å². The normalized spacial score (nSPS) is 10.9. The zero-order valence-corrected chi connectivity index (χ0v) is 20.4. The van der Waals surface area contributed by atoms with Crippen LogP contribution in [-0.4, -0.2) is 36.6 Å². The predicted octanol–water partition coefficient (Wildman–Crippen LogP) is 5.06. The van der Waals surface area contributed by atoms with Crippen LogP contribution in [0.2, 0.25) is 10.0 Å². The molecule has 33 heavy (non-hydrogen) atoms. The van der Waals surface area contributed by atoms with Crippen LogP contribution < -0.4 is 10.6 Å². The molecule has 0 unspecified atom stereocenters.